The molecule has 2 aliphatic heterocycles. The number of hydrazine groups is 1. The molecular weight excluding hydrogens is 436 g/mol. The van der Waals surface area contributed by atoms with Crippen molar-refractivity contribution in [1.29, 1.82) is 0 Å². The van der Waals surface area contributed by atoms with Crippen LogP contribution in [0.4, 0.5) is 4.79 Å². The zero-order valence-corrected chi connectivity index (χ0v) is 19.0. The fourth-order valence-electron chi connectivity index (χ4n) is 4.69. The molecule has 168 valence electrons. The summed E-state index contributed by atoms with van der Waals surface area (Å²) in [5.74, 6) is -0.939. The molecule has 0 bridgehead atoms. The molecule has 0 aliphatic carbocycles. The zero-order valence-electron chi connectivity index (χ0n) is 18.2. The number of fused-ring (bicyclic) bond motifs is 1. The fraction of sp³-hybridized carbons (Fsp3) is 0.240. The van der Waals surface area contributed by atoms with Gasteiger partial charge >= 0.3 is 6.03 Å². The predicted octanol–water partition coefficient (Wildman–Crippen LogP) is 3.19. The van der Waals surface area contributed by atoms with E-state index in [0.717, 1.165) is 18.0 Å². The number of carbonyl (C=O) groups is 3. The van der Waals surface area contributed by atoms with E-state index in [2.05, 4.69) is 34.0 Å². The summed E-state index contributed by atoms with van der Waals surface area (Å²) in [6.45, 7) is 2.92. The second-order valence-electron chi connectivity index (χ2n) is 8.28. The number of carbonyl (C=O) groups excluding carboxylic acids is 3. The number of hydrogen-bond donors (Lipinski definition) is 2. The maximum absolute atomic E-state index is 13.7. The minimum Gasteiger partial charge on any atom is -0.314 e. The van der Waals surface area contributed by atoms with E-state index < -0.39 is 23.4 Å². The molecule has 2 aliphatic rings. The molecule has 3 aromatic rings. The predicted molar refractivity (Wildman–Crippen MR) is 125 cm³/mol. The third kappa shape index (κ3) is 3.61. The van der Waals surface area contributed by atoms with Crippen molar-refractivity contribution in [2.45, 2.75) is 24.9 Å². The summed E-state index contributed by atoms with van der Waals surface area (Å²) >= 11 is 1.74. The van der Waals surface area contributed by atoms with Gasteiger partial charge in [-0.25, -0.2) is 4.79 Å². The van der Waals surface area contributed by atoms with Gasteiger partial charge in [0.15, 0.2) is 5.54 Å². The van der Waals surface area contributed by atoms with Crippen molar-refractivity contribution < 1.29 is 14.4 Å². The van der Waals surface area contributed by atoms with E-state index in [1.54, 1.807) is 35.6 Å². The summed E-state index contributed by atoms with van der Waals surface area (Å²) in [4.78, 5) is 42.9. The van der Waals surface area contributed by atoms with Crippen LogP contribution in [0, 0.1) is 0 Å². The Balaban J connectivity index is 1.38. The molecule has 2 aromatic carbocycles. The summed E-state index contributed by atoms with van der Waals surface area (Å²) in [5, 5.41) is 5.72. The third-order valence-electron chi connectivity index (χ3n) is 6.42. The highest BCUT2D eigenvalue weighted by Gasteiger charge is 2.54. The van der Waals surface area contributed by atoms with Crippen molar-refractivity contribution >= 4 is 29.2 Å². The Morgan fingerprint density at radius 1 is 1.06 bits per heavy atom. The van der Waals surface area contributed by atoms with E-state index in [1.165, 1.54) is 10.4 Å². The van der Waals surface area contributed by atoms with Crippen molar-refractivity contribution in [3.05, 3.63) is 93.7 Å². The van der Waals surface area contributed by atoms with E-state index in [-0.39, 0.29) is 12.6 Å². The van der Waals surface area contributed by atoms with Gasteiger partial charge in [-0.2, -0.15) is 5.01 Å². The number of nitrogens with one attached hydrogen (secondary N) is 2. The van der Waals surface area contributed by atoms with Gasteiger partial charge in [-0.05, 0) is 41.5 Å². The van der Waals surface area contributed by atoms with Gasteiger partial charge in [-0.15, -0.1) is 11.3 Å². The minimum atomic E-state index is -1.41. The van der Waals surface area contributed by atoms with Gasteiger partial charge in [0.1, 0.15) is 0 Å². The van der Waals surface area contributed by atoms with E-state index in [4.69, 9.17) is 0 Å². The number of nitrogens with zero attached hydrogens (tertiary/aromatic N) is 2. The van der Waals surface area contributed by atoms with E-state index in [0.29, 0.717) is 11.1 Å². The Kier molecular flexibility index (Phi) is 5.47. The topological polar surface area (TPSA) is 81.8 Å². The van der Waals surface area contributed by atoms with Crippen LogP contribution in [-0.4, -0.2) is 40.8 Å². The monoisotopic (exact) mass is 460 g/mol. The van der Waals surface area contributed by atoms with Gasteiger partial charge in [0.2, 0.25) is 0 Å². The SMILES string of the molecule is C[C@@H]1c2ccsc2CCN1CC(=O)NN1C(=O)NC(c2ccccc2)(c2ccccc2)C1=O. The number of benzene rings is 2. The molecule has 3 heterocycles. The van der Waals surface area contributed by atoms with E-state index in [9.17, 15) is 14.4 Å². The first-order chi connectivity index (χ1) is 16.0. The Morgan fingerprint density at radius 2 is 1.70 bits per heavy atom. The molecular formula is C25H24N4O3S. The molecule has 0 unspecified atom stereocenters. The highest BCUT2D eigenvalue weighted by Crippen LogP contribution is 2.36. The molecule has 0 spiro atoms. The van der Waals surface area contributed by atoms with Crippen molar-refractivity contribution in [3.8, 4) is 0 Å². The lowest BCUT2D eigenvalue weighted by molar-refractivity contribution is -0.139. The molecule has 7 nitrogen and oxygen atoms in total. The van der Waals surface area contributed by atoms with Gasteiger partial charge in [0.25, 0.3) is 11.8 Å². The van der Waals surface area contributed by atoms with Crippen LogP contribution >= 0.6 is 11.3 Å². The lowest BCUT2D eigenvalue weighted by atomic mass is 9.83. The summed E-state index contributed by atoms with van der Waals surface area (Å²) in [5.41, 5.74) is 3.64. The fourth-order valence-corrected chi connectivity index (χ4v) is 5.65. The molecule has 2 N–H and O–H groups in total. The molecule has 1 atom stereocenters. The number of rotatable bonds is 5. The first-order valence-electron chi connectivity index (χ1n) is 10.9. The van der Waals surface area contributed by atoms with Crippen LogP contribution in [0.25, 0.3) is 0 Å². The maximum atomic E-state index is 13.7. The molecule has 8 heteroatoms. The normalized spacial score (nSPS) is 19.8. The van der Waals surface area contributed by atoms with Gasteiger partial charge in [0.05, 0.1) is 6.54 Å². The van der Waals surface area contributed by atoms with Crippen molar-refractivity contribution in [3.63, 3.8) is 0 Å². The summed E-state index contributed by atoms with van der Waals surface area (Å²) in [6, 6.07) is 19.7. The molecule has 4 amide bonds. The summed E-state index contributed by atoms with van der Waals surface area (Å²) in [6.07, 6.45) is 0.888. The average Bonchev–Trinajstić information content (AvgIpc) is 3.42. The van der Waals surface area contributed by atoms with Crippen LogP contribution in [0.1, 0.15) is 34.5 Å². The molecule has 1 fully saturated rings. The van der Waals surface area contributed by atoms with Crippen molar-refractivity contribution in [2.24, 2.45) is 0 Å². The Labute approximate surface area is 196 Å². The van der Waals surface area contributed by atoms with E-state index in [1.807, 2.05) is 36.4 Å². The number of amides is 4. The Hall–Kier alpha value is -3.49. The van der Waals surface area contributed by atoms with Gasteiger partial charge in [-0.1, -0.05) is 60.7 Å². The smallest absolute Gasteiger partial charge is 0.314 e. The van der Waals surface area contributed by atoms with Crippen LogP contribution in [0.3, 0.4) is 0 Å². The minimum absolute atomic E-state index is 0.0944. The van der Waals surface area contributed by atoms with Crippen LogP contribution in [-0.2, 0) is 21.5 Å². The van der Waals surface area contributed by atoms with E-state index >= 15 is 0 Å². The second kappa shape index (κ2) is 8.46. The van der Waals surface area contributed by atoms with Gasteiger partial charge in [0, 0.05) is 17.5 Å². The largest absolute Gasteiger partial charge is 0.344 e. The van der Waals surface area contributed by atoms with Crippen molar-refractivity contribution in [1.82, 2.24) is 20.7 Å². The number of hydrogen-bond acceptors (Lipinski definition) is 5. The van der Waals surface area contributed by atoms with Crippen LogP contribution in [0.2, 0.25) is 0 Å². The van der Waals surface area contributed by atoms with Gasteiger partial charge in [-0.3, -0.25) is 19.9 Å². The summed E-state index contributed by atoms with van der Waals surface area (Å²) < 4.78 is 0. The first-order valence-corrected chi connectivity index (χ1v) is 11.8. The van der Waals surface area contributed by atoms with Gasteiger partial charge < -0.3 is 5.32 Å². The van der Waals surface area contributed by atoms with Crippen LogP contribution in [0.15, 0.2) is 72.1 Å². The Bertz CT molecular complexity index is 1160. The molecule has 5 rings (SSSR count). The quantitative estimate of drug-likeness (QED) is 0.573. The molecule has 0 saturated carbocycles. The standard InChI is InChI=1S/C25H24N4O3S/c1-17-20-13-15-33-21(20)12-14-28(17)16-22(30)27-29-23(31)25(26-24(29)32,18-8-4-2-5-9-18)19-10-6-3-7-11-19/h2-11,13,15,17H,12,14,16H2,1H3,(H,26,32)(H,27,30)/t17-/m1/s1. The molecule has 1 saturated heterocycles. The van der Waals surface area contributed by atoms with Crippen LogP contribution in [0.5, 0.6) is 0 Å². The Morgan fingerprint density at radius 3 is 2.33 bits per heavy atom. The molecule has 1 aromatic heterocycles. The second-order valence-corrected chi connectivity index (χ2v) is 9.28. The summed E-state index contributed by atoms with van der Waals surface area (Å²) in [7, 11) is 0. The zero-order chi connectivity index (χ0) is 23.0. The van der Waals surface area contributed by atoms with Crippen molar-refractivity contribution in [2.75, 3.05) is 13.1 Å². The lowest BCUT2D eigenvalue weighted by Crippen LogP contribution is -2.52. The number of urea groups is 1. The third-order valence-corrected chi connectivity index (χ3v) is 7.42. The highest BCUT2D eigenvalue weighted by molar-refractivity contribution is 7.10. The molecule has 33 heavy (non-hydrogen) atoms. The number of thiophene rings is 1. The highest BCUT2D eigenvalue weighted by atomic mass is 32.1. The molecule has 0 radical (unpaired) electrons. The lowest BCUT2D eigenvalue weighted by Gasteiger charge is -2.33. The van der Waals surface area contributed by atoms with Crippen LogP contribution < -0.4 is 10.7 Å². The maximum Gasteiger partial charge on any atom is 0.344 e. The number of imide groups is 1. The first kappa shape index (κ1) is 21.4. The average molecular weight is 461 g/mol.